The lowest BCUT2D eigenvalue weighted by Gasteiger charge is -2.22. The predicted molar refractivity (Wildman–Crippen MR) is 63.3 cm³/mol. The summed E-state index contributed by atoms with van der Waals surface area (Å²) >= 11 is 0. The van der Waals surface area contributed by atoms with Crippen molar-refractivity contribution >= 4 is 0 Å². The molecule has 2 rings (SSSR count). The van der Waals surface area contributed by atoms with Crippen LogP contribution in [0.3, 0.4) is 0 Å². The number of hydrogen-bond donors (Lipinski definition) is 1. The maximum atomic E-state index is 13.3. The molecule has 0 aliphatic carbocycles. The van der Waals surface area contributed by atoms with E-state index < -0.39 is 0 Å². The summed E-state index contributed by atoms with van der Waals surface area (Å²) in [6.45, 7) is 2.72. The van der Waals surface area contributed by atoms with Gasteiger partial charge in [0.1, 0.15) is 12.6 Å². The largest absolute Gasteiger partial charge is 0.355 e. The van der Waals surface area contributed by atoms with Gasteiger partial charge in [-0.15, -0.1) is 0 Å². The molecule has 94 valence electrons. The quantitative estimate of drug-likeness (QED) is 0.794. The molecule has 0 amide bonds. The molecule has 1 unspecified atom stereocenters. The molecule has 1 aliphatic rings. The van der Waals surface area contributed by atoms with Crippen molar-refractivity contribution in [2.75, 3.05) is 26.5 Å². The van der Waals surface area contributed by atoms with Gasteiger partial charge in [0.25, 0.3) is 0 Å². The topological polar surface area (TPSA) is 30.5 Å². The van der Waals surface area contributed by atoms with Crippen molar-refractivity contribution < 1.29 is 13.9 Å². The molecule has 1 heterocycles. The first-order chi connectivity index (χ1) is 8.36. The average Bonchev–Trinajstić information content (AvgIpc) is 2.38. The van der Waals surface area contributed by atoms with E-state index in [1.807, 2.05) is 12.1 Å². The number of ether oxygens (including phenoxy) is 2. The second-order valence-electron chi connectivity index (χ2n) is 4.15. The van der Waals surface area contributed by atoms with E-state index in [1.165, 1.54) is 6.07 Å². The van der Waals surface area contributed by atoms with Crippen molar-refractivity contribution in [3.8, 4) is 0 Å². The third-order valence-electron chi connectivity index (χ3n) is 2.87. The summed E-state index contributed by atoms with van der Waals surface area (Å²) in [6, 6.07) is 6.89. The first kappa shape index (κ1) is 12.5. The molecule has 1 fully saturated rings. The van der Waals surface area contributed by atoms with Crippen LogP contribution < -0.4 is 5.32 Å². The van der Waals surface area contributed by atoms with Gasteiger partial charge in [0.15, 0.2) is 0 Å². The van der Waals surface area contributed by atoms with Gasteiger partial charge in [-0.1, -0.05) is 18.2 Å². The molecule has 1 aliphatic heterocycles. The molecule has 4 heteroatoms. The molecule has 1 saturated heterocycles. The van der Waals surface area contributed by atoms with Crippen molar-refractivity contribution in [3.05, 3.63) is 35.6 Å². The van der Waals surface area contributed by atoms with E-state index >= 15 is 0 Å². The Morgan fingerprint density at radius 1 is 1.35 bits per heavy atom. The first-order valence-corrected chi connectivity index (χ1v) is 6.00. The van der Waals surface area contributed by atoms with Crippen LogP contribution in [-0.4, -0.2) is 32.6 Å². The Labute approximate surface area is 101 Å². The van der Waals surface area contributed by atoms with Crippen LogP contribution in [0.5, 0.6) is 0 Å². The van der Waals surface area contributed by atoms with Crippen LogP contribution in [0.2, 0.25) is 0 Å². The summed E-state index contributed by atoms with van der Waals surface area (Å²) in [7, 11) is 0. The maximum absolute atomic E-state index is 13.3. The minimum absolute atomic E-state index is 0.128. The fourth-order valence-corrected chi connectivity index (χ4v) is 1.85. The van der Waals surface area contributed by atoms with Crippen LogP contribution in [-0.2, 0) is 15.9 Å². The number of halogens is 1. The third-order valence-corrected chi connectivity index (χ3v) is 2.87. The van der Waals surface area contributed by atoms with Crippen LogP contribution in [0.1, 0.15) is 12.0 Å². The van der Waals surface area contributed by atoms with Crippen molar-refractivity contribution in [1.29, 1.82) is 0 Å². The molecule has 1 aromatic carbocycles. The van der Waals surface area contributed by atoms with E-state index in [0.717, 1.165) is 31.7 Å². The zero-order chi connectivity index (χ0) is 11.9. The summed E-state index contributed by atoms with van der Waals surface area (Å²) in [5.74, 6) is -0.128. The SMILES string of the molecule is Fc1ccccc1CCNCC1CCOCO1. The summed E-state index contributed by atoms with van der Waals surface area (Å²) in [5.41, 5.74) is 0.757. The molecule has 0 bridgehead atoms. The van der Waals surface area contributed by atoms with Crippen molar-refractivity contribution in [2.45, 2.75) is 18.9 Å². The number of rotatable bonds is 5. The zero-order valence-electron chi connectivity index (χ0n) is 9.82. The zero-order valence-corrected chi connectivity index (χ0v) is 9.82. The summed E-state index contributed by atoms with van der Waals surface area (Å²) in [5, 5.41) is 3.28. The fourth-order valence-electron chi connectivity index (χ4n) is 1.85. The van der Waals surface area contributed by atoms with Crippen LogP contribution >= 0.6 is 0 Å². The smallest absolute Gasteiger partial charge is 0.147 e. The van der Waals surface area contributed by atoms with Gasteiger partial charge < -0.3 is 14.8 Å². The molecule has 0 spiro atoms. The van der Waals surface area contributed by atoms with E-state index in [0.29, 0.717) is 13.2 Å². The maximum Gasteiger partial charge on any atom is 0.147 e. The van der Waals surface area contributed by atoms with Crippen LogP contribution in [0.4, 0.5) is 4.39 Å². The van der Waals surface area contributed by atoms with E-state index in [1.54, 1.807) is 6.07 Å². The van der Waals surface area contributed by atoms with Gasteiger partial charge in [-0.3, -0.25) is 0 Å². The average molecular weight is 239 g/mol. The Morgan fingerprint density at radius 3 is 3.00 bits per heavy atom. The van der Waals surface area contributed by atoms with E-state index in [9.17, 15) is 4.39 Å². The summed E-state index contributed by atoms with van der Waals surface area (Å²) < 4.78 is 23.8. The normalized spacial score (nSPS) is 20.4. The third kappa shape index (κ3) is 4.07. The van der Waals surface area contributed by atoms with E-state index in [2.05, 4.69) is 5.32 Å². The van der Waals surface area contributed by atoms with Crippen LogP contribution in [0.25, 0.3) is 0 Å². The van der Waals surface area contributed by atoms with Gasteiger partial charge in [-0.05, 0) is 31.0 Å². The second-order valence-corrected chi connectivity index (χ2v) is 4.15. The number of nitrogens with one attached hydrogen (secondary N) is 1. The van der Waals surface area contributed by atoms with Crippen LogP contribution in [0.15, 0.2) is 24.3 Å². The van der Waals surface area contributed by atoms with Gasteiger partial charge in [-0.25, -0.2) is 4.39 Å². The highest BCUT2D eigenvalue weighted by molar-refractivity contribution is 5.17. The lowest BCUT2D eigenvalue weighted by molar-refractivity contribution is -0.137. The van der Waals surface area contributed by atoms with Crippen molar-refractivity contribution in [2.24, 2.45) is 0 Å². The lowest BCUT2D eigenvalue weighted by atomic mass is 10.1. The fraction of sp³-hybridized carbons (Fsp3) is 0.538. The second kappa shape index (κ2) is 6.69. The van der Waals surface area contributed by atoms with Gasteiger partial charge in [0.2, 0.25) is 0 Å². The summed E-state index contributed by atoms with van der Waals surface area (Å²) in [4.78, 5) is 0. The van der Waals surface area contributed by atoms with Gasteiger partial charge in [-0.2, -0.15) is 0 Å². The molecule has 1 atom stereocenters. The van der Waals surface area contributed by atoms with Crippen LogP contribution in [0, 0.1) is 5.82 Å². The van der Waals surface area contributed by atoms with Crippen molar-refractivity contribution in [3.63, 3.8) is 0 Å². The van der Waals surface area contributed by atoms with Crippen molar-refractivity contribution in [1.82, 2.24) is 5.32 Å². The molecular formula is C13H18FNO2. The van der Waals surface area contributed by atoms with E-state index in [-0.39, 0.29) is 11.9 Å². The summed E-state index contributed by atoms with van der Waals surface area (Å²) in [6.07, 6.45) is 1.85. The molecule has 3 nitrogen and oxygen atoms in total. The monoisotopic (exact) mass is 239 g/mol. The minimum atomic E-state index is -0.128. The minimum Gasteiger partial charge on any atom is -0.355 e. The molecule has 0 radical (unpaired) electrons. The first-order valence-electron chi connectivity index (χ1n) is 6.00. The lowest BCUT2D eigenvalue weighted by Crippen LogP contribution is -2.34. The number of hydrogen-bond acceptors (Lipinski definition) is 3. The Kier molecular flexibility index (Phi) is 4.91. The molecular weight excluding hydrogens is 221 g/mol. The van der Waals surface area contributed by atoms with E-state index in [4.69, 9.17) is 9.47 Å². The number of benzene rings is 1. The molecule has 1 aromatic rings. The highest BCUT2D eigenvalue weighted by atomic mass is 19.1. The Bertz CT molecular complexity index is 340. The molecule has 1 N–H and O–H groups in total. The van der Waals surface area contributed by atoms with Gasteiger partial charge in [0, 0.05) is 6.54 Å². The Balaban J connectivity index is 1.64. The Morgan fingerprint density at radius 2 is 2.24 bits per heavy atom. The standard InChI is InChI=1S/C13H18FNO2/c14-13-4-2-1-3-11(13)5-7-15-9-12-6-8-16-10-17-12/h1-4,12,15H,5-10H2. The Hall–Kier alpha value is -0.970. The molecule has 17 heavy (non-hydrogen) atoms. The molecule has 0 aromatic heterocycles. The van der Waals surface area contributed by atoms with Gasteiger partial charge >= 0.3 is 0 Å². The van der Waals surface area contributed by atoms with Gasteiger partial charge in [0.05, 0.1) is 12.7 Å². The molecule has 0 saturated carbocycles. The highest BCUT2D eigenvalue weighted by Gasteiger charge is 2.13. The predicted octanol–water partition coefficient (Wildman–Crippen LogP) is 1.72. The highest BCUT2D eigenvalue weighted by Crippen LogP contribution is 2.07.